The summed E-state index contributed by atoms with van der Waals surface area (Å²) in [6.07, 6.45) is 0.783. The molecule has 0 aliphatic carbocycles. The third kappa shape index (κ3) is 3.73. The summed E-state index contributed by atoms with van der Waals surface area (Å²) in [6.45, 7) is 7.65. The van der Waals surface area contributed by atoms with Gasteiger partial charge in [0.05, 0.1) is 0 Å². The Morgan fingerprint density at radius 2 is 2.12 bits per heavy atom. The van der Waals surface area contributed by atoms with Gasteiger partial charge in [0, 0.05) is 23.6 Å². The van der Waals surface area contributed by atoms with Gasteiger partial charge in [0.15, 0.2) is 10.9 Å². The molecule has 3 aromatic rings. The van der Waals surface area contributed by atoms with Crippen molar-refractivity contribution in [2.75, 3.05) is 5.32 Å². The summed E-state index contributed by atoms with van der Waals surface area (Å²) in [5, 5.41) is 19.8. The van der Waals surface area contributed by atoms with Crippen LogP contribution in [0.25, 0.3) is 15.5 Å². The van der Waals surface area contributed by atoms with E-state index in [1.807, 2.05) is 45.9 Å². The zero-order valence-corrected chi connectivity index (χ0v) is 16.7. The molecule has 7 nitrogen and oxygen atoms in total. The van der Waals surface area contributed by atoms with Crippen LogP contribution in [-0.4, -0.2) is 30.8 Å². The van der Waals surface area contributed by atoms with Gasteiger partial charge in [-0.3, -0.25) is 4.79 Å². The predicted octanol–water partition coefficient (Wildman–Crippen LogP) is 3.19. The summed E-state index contributed by atoms with van der Waals surface area (Å²) < 4.78 is 1.79. The molecule has 0 unspecified atom stereocenters. The molecule has 0 bridgehead atoms. The fraction of sp³-hybridized carbons (Fsp3) is 0.353. The monoisotopic (exact) mass is 388 g/mol. The molecule has 0 fully saturated rings. The Hall–Kier alpha value is -2.39. The first-order chi connectivity index (χ1) is 12.4. The topological polar surface area (TPSA) is 84.2 Å². The van der Waals surface area contributed by atoms with Gasteiger partial charge in [-0.05, 0) is 42.9 Å². The predicted molar refractivity (Wildman–Crippen MR) is 107 cm³/mol. The van der Waals surface area contributed by atoms with Crippen molar-refractivity contribution < 1.29 is 4.79 Å². The lowest BCUT2D eigenvalue weighted by Crippen LogP contribution is -2.36. The minimum Gasteiger partial charge on any atom is -0.332 e. The normalized spacial score (nSPS) is 11.1. The number of carbonyl (C=O) groups excluding carboxylic acids is 1. The third-order valence-corrected chi connectivity index (χ3v) is 5.01. The summed E-state index contributed by atoms with van der Waals surface area (Å²) in [5.41, 5.74) is 2.85. The van der Waals surface area contributed by atoms with E-state index < -0.39 is 0 Å². The van der Waals surface area contributed by atoms with Gasteiger partial charge in [0.25, 0.3) is 0 Å². The van der Waals surface area contributed by atoms with Crippen molar-refractivity contribution in [2.24, 2.45) is 5.92 Å². The van der Waals surface area contributed by atoms with E-state index in [1.165, 1.54) is 11.3 Å². The minimum atomic E-state index is -0.121. The number of benzene rings is 1. The maximum Gasteiger partial charge on any atom is 0.234 e. The van der Waals surface area contributed by atoms with Crippen LogP contribution < -0.4 is 10.6 Å². The number of aryl methyl sites for hydroxylation is 2. The maximum atomic E-state index is 11.7. The molecule has 0 spiro atoms. The Balaban J connectivity index is 1.79. The van der Waals surface area contributed by atoms with Crippen molar-refractivity contribution in [1.82, 2.24) is 25.1 Å². The molecule has 0 radical (unpaired) electrons. The highest BCUT2D eigenvalue weighted by molar-refractivity contribution is 7.80. The van der Waals surface area contributed by atoms with Gasteiger partial charge in [-0.25, -0.2) is 0 Å². The number of nitrogens with one attached hydrogen (secondary N) is 2. The molecule has 1 aromatic carbocycles. The van der Waals surface area contributed by atoms with E-state index >= 15 is 0 Å². The zero-order valence-electron chi connectivity index (χ0n) is 15.0. The van der Waals surface area contributed by atoms with E-state index in [0.717, 1.165) is 39.0 Å². The molecule has 0 saturated heterocycles. The summed E-state index contributed by atoms with van der Waals surface area (Å²) in [7, 11) is 0. The van der Waals surface area contributed by atoms with Crippen molar-refractivity contribution in [3.8, 4) is 10.6 Å². The van der Waals surface area contributed by atoms with E-state index in [2.05, 4.69) is 25.9 Å². The van der Waals surface area contributed by atoms with Crippen LogP contribution in [0, 0.1) is 12.8 Å². The smallest absolute Gasteiger partial charge is 0.234 e. The SMILES string of the molecule is CCc1nnc2sc(-c3ccc(NC(=S)NC(=O)C(C)C)c(C)c3)nn12. The van der Waals surface area contributed by atoms with Crippen molar-refractivity contribution in [1.29, 1.82) is 0 Å². The summed E-state index contributed by atoms with van der Waals surface area (Å²) >= 11 is 6.71. The number of aromatic nitrogens is 4. The van der Waals surface area contributed by atoms with Crippen molar-refractivity contribution in [3.63, 3.8) is 0 Å². The van der Waals surface area contributed by atoms with Crippen LogP contribution in [0.15, 0.2) is 18.2 Å². The molecule has 2 aromatic heterocycles. The van der Waals surface area contributed by atoms with Crippen LogP contribution in [0.3, 0.4) is 0 Å². The number of carbonyl (C=O) groups is 1. The third-order valence-electron chi connectivity index (χ3n) is 3.85. The average molecular weight is 389 g/mol. The molecule has 0 saturated carbocycles. The lowest BCUT2D eigenvalue weighted by Gasteiger charge is -2.13. The highest BCUT2D eigenvalue weighted by Gasteiger charge is 2.13. The Morgan fingerprint density at radius 3 is 2.77 bits per heavy atom. The molecule has 136 valence electrons. The Morgan fingerprint density at radius 1 is 1.35 bits per heavy atom. The van der Waals surface area contributed by atoms with Crippen LogP contribution >= 0.6 is 23.6 Å². The van der Waals surface area contributed by atoms with Gasteiger partial charge in [0.2, 0.25) is 10.9 Å². The van der Waals surface area contributed by atoms with Gasteiger partial charge in [-0.15, -0.1) is 10.2 Å². The van der Waals surface area contributed by atoms with Gasteiger partial charge >= 0.3 is 0 Å². The molecular weight excluding hydrogens is 368 g/mol. The number of anilines is 1. The largest absolute Gasteiger partial charge is 0.332 e. The molecule has 1 amide bonds. The Bertz CT molecular complexity index is 975. The lowest BCUT2D eigenvalue weighted by atomic mass is 10.1. The van der Waals surface area contributed by atoms with Gasteiger partial charge < -0.3 is 10.6 Å². The van der Waals surface area contributed by atoms with Gasteiger partial charge in [0.1, 0.15) is 5.01 Å². The first kappa shape index (κ1) is 18.4. The number of hydrogen-bond acceptors (Lipinski definition) is 6. The second-order valence-electron chi connectivity index (χ2n) is 6.20. The maximum absolute atomic E-state index is 11.7. The Labute approximate surface area is 160 Å². The number of amides is 1. The van der Waals surface area contributed by atoms with Crippen LogP contribution in [0.2, 0.25) is 0 Å². The van der Waals surface area contributed by atoms with Crippen LogP contribution in [0.1, 0.15) is 32.2 Å². The average Bonchev–Trinajstić information content (AvgIpc) is 3.16. The van der Waals surface area contributed by atoms with E-state index in [1.54, 1.807) is 4.52 Å². The van der Waals surface area contributed by atoms with Crippen LogP contribution in [0.4, 0.5) is 5.69 Å². The number of hydrogen-bond donors (Lipinski definition) is 2. The van der Waals surface area contributed by atoms with Crippen LogP contribution in [0.5, 0.6) is 0 Å². The van der Waals surface area contributed by atoms with Gasteiger partial charge in [-0.1, -0.05) is 32.1 Å². The van der Waals surface area contributed by atoms with E-state index in [9.17, 15) is 4.79 Å². The molecular formula is C17H20N6OS2. The quantitative estimate of drug-likeness (QED) is 0.668. The van der Waals surface area contributed by atoms with E-state index in [4.69, 9.17) is 12.2 Å². The first-order valence-electron chi connectivity index (χ1n) is 8.33. The van der Waals surface area contributed by atoms with E-state index in [0.29, 0.717) is 5.11 Å². The lowest BCUT2D eigenvalue weighted by molar-refractivity contribution is -0.122. The molecule has 2 N–H and O–H groups in total. The summed E-state index contributed by atoms with van der Waals surface area (Å²) in [4.78, 5) is 12.5. The molecule has 2 heterocycles. The van der Waals surface area contributed by atoms with Crippen molar-refractivity contribution >= 4 is 45.2 Å². The second-order valence-corrected chi connectivity index (χ2v) is 7.56. The fourth-order valence-corrected chi connectivity index (χ4v) is 3.41. The summed E-state index contributed by atoms with van der Waals surface area (Å²) in [5.74, 6) is 0.622. The molecule has 9 heteroatoms. The molecule has 26 heavy (non-hydrogen) atoms. The van der Waals surface area contributed by atoms with Crippen LogP contribution in [-0.2, 0) is 11.2 Å². The molecule has 0 aliphatic heterocycles. The standard InChI is InChI=1S/C17H20N6OS2/c1-5-13-20-21-17-23(13)22-15(26-17)11-6-7-12(10(4)8-11)18-16(25)19-14(24)9(2)3/h6-9H,5H2,1-4H3,(H2,18,19,24,25). The molecule has 3 rings (SSSR count). The molecule has 0 aliphatic rings. The number of nitrogens with zero attached hydrogens (tertiary/aromatic N) is 4. The van der Waals surface area contributed by atoms with Crippen molar-refractivity contribution in [2.45, 2.75) is 34.1 Å². The first-order valence-corrected chi connectivity index (χ1v) is 9.55. The van der Waals surface area contributed by atoms with Gasteiger partial charge in [-0.2, -0.15) is 9.61 Å². The van der Waals surface area contributed by atoms with E-state index in [-0.39, 0.29) is 11.8 Å². The summed E-state index contributed by atoms with van der Waals surface area (Å²) in [6, 6.07) is 5.94. The minimum absolute atomic E-state index is 0.108. The highest BCUT2D eigenvalue weighted by Crippen LogP contribution is 2.28. The highest BCUT2D eigenvalue weighted by atomic mass is 32.1. The zero-order chi connectivity index (χ0) is 18.8. The van der Waals surface area contributed by atoms with Crippen molar-refractivity contribution in [3.05, 3.63) is 29.6 Å². The Kier molecular flexibility index (Phi) is 5.28. The number of thiocarbonyl (C=S) groups is 1. The number of fused-ring (bicyclic) bond motifs is 1. The number of rotatable bonds is 4. The second kappa shape index (κ2) is 7.46. The fourth-order valence-electron chi connectivity index (χ4n) is 2.34. The molecule has 0 atom stereocenters.